The number of nitrogens with one attached hydrogen (secondary N) is 2. The van der Waals surface area contributed by atoms with Gasteiger partial charge in [0, 0.05) is 44.0 Å². The third-order valence-corrected chi connectivity index (χ3v) is 8.25. The van der Waals surface area contributed by atoms with Gasteiger partial charge in [-0.15, -0.1) is 11.3 Å². The van der Waals surface area contributed by atoms with Gasteiger partial charge < -0.3 is 14.8 Å². The van der Waals surface area contributed by atoms with Crippen molar-refractivity contribution in [3.05, 3.63) is 41.4 Å². The number of benzene rings is 1. The van der Waals surface area contributed by atoms with Gasteiger partial charge in [-0.1, -0.05) is 12.1 Å². The Morgan fingerprint density at radius 2 is 1.72 bits per heavy atom. The minimum absolute atomic E-state index is 0.112. The maximum Gasteiger partial charge on any atom is 0.240 e. The lowest BCUT2D eigenvalue weighted by molar-refractivity contribution is -0.118. The standard InChI is InChI=1S/C22H29N3O5S2/c26-21(24-22-23-9-14-31-22)20(15-16-5-10-29-11-6-16)17-1-3-19(4-2-17)32(27,28)25-18-7-12-30-13-8-18/h1-4,9,14,16,18,20,25H,5-8,10-13,15H2,(H,23,24,26). The number of nitrogens with zero attached hydrogens (tertiary/aromatic N) is 1. The van der Waals surface area contributed by atoms with Gasteiger partial charge in [0.05, 0.1) is 10.8 Å². The summed E-state index contributed by atoms with van der Waals surface area (Å²) in [7, 11) is -3.62. The molecule has 0 bridgehead atoms. The molecular weight excluding hydrogens is 450 g/mol. The number of aromatic nitrogens is 1. The highest BCUT2D eigenvalue weighted by Gasteiger charge is 2.28. The molecule has 1 amide bonds. The first-order valence-electron chi connectivity index (χ1n) is 11.0. The third-order valence-electron chi connectivity index (χ3n) is 6.02. The summed E-state index contributed by atoms with van der Waals surface area (Å²) in [6, 6.07) is 6.57. The number of carbonyl (C=O) groups excluding carboxylic acids is 1. The minimum Gasteiger partial charge on any atom is -0.381 e. The Bertz CT molecular complexity index is 968. The zero-order valence-electron chi connectivity index (χ0n) is 17.9. The number of amides is 1. The van der Waals surface area contributed by atoms with E-state index in [4.69, 9.17) is 9.47 Å². The predicted octanol–water partition coefficient (Wildman–Crippen LogP) is 3.14. The Kier molecular flexibility index (Phi) is 7.90. The number of hydrogen-bond acceptors (Lipinski definition) is 7. The van der Waals surface area contributed by atoms with E-state index in [1.54, 1.807) is 30.5 Å². The average Bonchev–Trinajstić information content (AvgIpc) is 3.32. The molecule has 8 nitrogen and oxygen atoms in total. The van der Waals surface area contributed by atoms with Gasteiger partial charge in [-0.2, -0.15) is 0 Å². The average molecular weight is 480 g/mol. The fourth-order valence-electron chi connectivity index (χ4n) is 4.17. The summed E-state index contributed by atoms with van der Waals surface area (Å²) < 4.78 is 39.1. The molecule has 174 valence electrons. The number of thiazole rings is 1. The van der Waals surface area contributed by atoms with Crippen LogP contribution in [0.2, 0.25) is 0 Å². The highest BCUT2D eigenvalue weighted by Crippen LogP contribution is 2.31. The molecule has 2 N–H and O–H groups in total. The highest BCUT2D eigenvalue weighted by molar-refractivity contribution is 7.89. The Morgan fingerprint density at radius 3 is 2.34 bits per heavy atom. The molecule has 1 aromatic carbocycles. The largest absolute Gasteiger partial charge is 0.381 e. The van der Waals surface area contributed by atoms with E-state index in [2.05, 4.69) is 15.0 Å². The number of rotatable bonds is 8. The van der Waals surface area contributed by atoms with Crippen molar-refractivity contribution in [1.29, 1.82) is 0 Å². The number of sulfonamides is 1. The second-order valence-electron chi connectivity index (χ2n) is 8.25. The van der Waals surface area contributed by atoms with Crippen molar-refractivity contribution in [2.45, 2.75) is 49.0 Å². The summed E-state index contributed by atoms with van der Waals surface area (Å²) in [6.07, 6.45) is 5.51. The molecule has 32 heavy (non-hydrogen) atoms. The Labute approximate surface area is 192 Å². The maximum atomic E-state index is 13.1. The van der Waals surface area contributed by atoms with E-state index in [1.807, 2.05) is 5.38 Å². The fraction of sp³-hybridized carbons (Fsp3) is 0.545. The molecule has 0 spiro atoms. The number of hydrogen-bond donors (Lipinski definition) is 2. The first-order valence-corrected chi connectivity index (χ1v) is 13.4. The zero-order chi connectivity index (χ0) is 22.4. The van der Waals surface area contributed by atoms with Crippen molar-refractivity contribution in [3.63, 3.8) is 0 Å². The van der Waals surface area contributed by atoms with E-state index < -0.39 is 10.0 Å². The Balaban J connectivity index is 1.50. The van der Waals surface area contributed by atoms with Gasteiger partial charge in [-0.05, 0) is 55.7 Å². The van der Waals surface area contributed by atoms with Crippen molar-refractivity contribution in [3.8, 4) is 0 Å². The van der Waals surface area contributed by atoms with Crippen molar-refractivity contribution in [1.82, 2.24) is 9.71 Å². The molecule has 2 aliphatic heterocycles. The van der Waals surface area contributed by atoms with Crippen LogP contribution < -0.4 is 10.0 Å². The van der Waals surface area contributed by atoms with Crippen LogP contribution in [0.4, 0.5) is 5.13 Å². The van der Waals surface area contributed by atoms with E-state index in [0.29, 0.717) is 56.7 Å². The molecule has 1 atom stereocenters. The van der Waals surface area contributed by atoms with Gasteiger partial charge in [-0.3, -0.25) is 4.79 Å². The number of anilines is 1. The van der Waals surface area contributed by atoms with E-state index >= 15 is 0 Å². The Morgan fingerprint density at radius 1 is 1.06 bits per heavy atom. The van der Waals surface area contributed by atoms with Crippen LogP contribution in [-0.2, 0) is 24.3 Å². The van der Waals surface area contributed by atoms with Gasteiger partial charge in [-0.25, -0.2) is 18.1 Å². The molecular formula is C22H29N3O5S2. The van der Waals surface area contributed by atoms with Crippen molar-refractivity contribution in [2.75, 3.05) is 31.7 Å². The maximum absolute atomic E-state index is 13.1. The third kappa shape index (κ3) is 6.14. The Hall–Kier alpha value is -1.85. The van der Waals surface area contributed by atoms with E-state index in [0.717, 1.165) is 18.4 Å². The second kappa shape index (κ2) is 10.8. The van der Waals surface area contributed by atoms with Crippen LogP contribution >= 0.6 is 11.3 Å². The second-order valence-corrected chi connectivity index (χ2v) is 10.9. The lowest BCUT2D eigenvalue weighted by atomic mass is 9.84. The monoisotopic (exact) mass is 479 g/mol. The van der Waals surface area contributed by atoms with E-state index in [-0.39, 0.29) is 22.8 Å². The zero-order valence-corrected chi connectivity index (χ0v) is 19.5. The number of ether oxygens (including phenoxy) is 2. The van der Waals surface area contributed by atoms with Crippen LogP contribution in [0.1, 0.15) is 43.6 Å². The van der Waals surface area contributed by atoms with Crippen LogP contribution in [0, 0.1) is 5.92 Å². The van der Waals surface area contributed by atoms with Crippen molar-refractivity contribution < 1.29 is 22.7 Å². The molecule has 2 fully saturated rings. The van der Waals surface area contributed by atoms with Crippen LogP contribution in [0.3, 0.4) is 0 Å². The van der Waals surface area contributed by atoms with Gasteiger partial charge >= 0.3 is 0 Å². The summed E-state index contributed by atoms with van der Waals surface area (Å²) in [4.78, 5) is 17.5. The van der Waals surface area contributed by atoms with E-state index in [9.17, 15) is 13.2 Å². The molecule has 2 saturated heterocycles. The first kappa shape index (κ1) is 23.3. The SMILES string of the molecule is O=C(Nc1nccs1)C(CC1CCOCC1)c1ccc(S(=O)(=O)NC2CCOCC2)cc1. The van der Waals surface area contributed by atoms with Crippen molar-refractivity contribution >= 4 is 32.4 Å². The quantitative estimate of drug-likeness (QED) is 0.602. The van der Waals surface area contributed by atoms with Gasteiger partial charge in [0.1, 0.15) is 0 Å². The smallest absolute Gasteiger partial charge is 0.240 e. The topological polar surface area (TPSA) is 107 Å². The molecule has 0 radical (unpaired) electrons. The molecule has 4 rings (SSSR count). The lowest BCUT2D eigenvalue weighted by Gasteiger charge is -2.26. The highest BCUT2D eigenvalue weighted by atomic mass is 32.2. The van der Waals surface area contributed by atoms with Gasteiger partial charge in [0.15, 0.2) is 5.13 Å². The normalized spacial score (nSPS) is 19.5. The first-order chi connectivity index (χ1) is 15.5. The molecule has 1 unspecified atom stereocenters. The van der Waals surface area contributed by atoms with Crippen LogP contribution in [0.15, 0.2) is 40.7 Å². The molecule has 0 aliphatic carbocycles. The summed E-state index contributed by atoms with van der Waals surface area (Å²) in [5.74, 6) is -0.126. The number of carbonyl (C=O) groups is 1. The molecule has 3 heterocycles. The molecule has 2 aliphatic rings. The van der Waals surface area contributed by atoms with E-state index in [1.165, 1.54) is 11.3 Å². The van der Waals surface area contributed by atoms with Crippen LogP contribution in [0.5, 0.6) is 0 Å². The van der Waals surface area contributed by atoms with Gasteiger partial charge in [0.25, 0.3) is 0 Å². The van der Waals surface area contributed by atoms with Crippen LogP contribution in [0.25, 0.3) is 0 Å². The molecule has 2 aromatic rings. The summed E-state index contributed by atoms with van der Waals surface area (Å²) in [5, 5.41) is 5.28. The molecule has 1 aromatic heterocycles. The minimum atomic E-state index is -3.62. The summed E-state index contributed by atoms with van der Waals surface area (Å²) in [5.41, 5.74) is 0.801. The summed E-state index contributed by atoms with van der Waals surface area (Å²) >= 11 is 1.37. The van der Waals surface area contributed by atoms with Crippen molar-refractivity contribution in [2.24, 2.45) is 5.92 Å². The predicted molar refractivity (Wildman–Crippen MR) is 122 cm³/mol. The lowest BCUT2D eigenvalue weighted by Crippen LogP contribution is -2.38. The summed E-state index contributed by atoms with van der Waals surface area (Å²) in [6.45, 7) is 2.55. The molecule has 10 heteroatoms. The molecule has 0 saturated carbocycles. The fourth-order valence-corrected chi connectivity index (χ4v) is 6.01. The van der Waals surface area contributed by atoms with Crippen LogP contribution in [-0.4, -0.2) is 51.8 Å². The van der Waals surface area contributed by atoms with Gasteiger partial charge in [0.2, 0.25) is 15.9 Å².